The van der Waals surface area contributed by atoms with Gasteiger partial charge in [-0.25, -0.2) is 4.39 Å². The number of benzene rings is 1. The number of epoxide rings is 1. The number of aliphatic hydroxyl groups excluding tert-OH is 1. The van der Waals surface area contributed by atoms with Crippen LogP contribution in [0.1, 0.15) is 65.9 Å². The van der Waals surface area contributed by atoms with Gasteiger partial charge in [0.1, 0.15) is 29.7 Å². The van der Waals surface area contributed by atoms with Crippen molar-refractivity contribution in [1.29, 1.82) is 0 Å². The first kappa shape index (κ1) is 36.3. The van der Waals surface area contributed by atoms with E-state index in [1.54, 1.807) is 25.1 Å². The Bertz CT molecular complexity index is 1380. The summed E-state index contributed by atoms with van der Waals surface area (Å²) in [5.74, 6) is -1.26. The average molecular weight is 658 g/mol. The van der Waals surface area contributed by atoms with Crippen molar-refractivity contribution in [1.82, 2.24) is 10.6 Å². The minimum absolute atomic E-state index is 0.0340. The van der Waals surface area contributed by atoms with E-state index in [2.05, 4.69) is 23.6 Å². The smallest absolute Gasteiger partial charge is 0.303 e. The van der Waals surface area contributed by atoms with Crippen LogP contribution in [0.2, 0.25) is 0 Å². The summed E-state index contributed by atoms with van der Waals surface area (Å²) in [6.07, 6.45) is 7.91. The lowest BCUT2D eigenvalue weighted by Gasteiger charge is -2.39. The van der Waals surface area contributed by atoms with Crippen LogP contribution in [0.4, 0.5) is 10.1 Å². The van der Waals surface area contributed by atoms with Crippen molar-refractivity contribution in [3.8, 4) is 0 Å². The second-order valence-electron chi connectivity index (χ2n) is 13.0. The molecule has 2 amide bonds. The van der Waals surface area contributed by atoms with E-state index in [4.69, 9.17) is 24.7 Å². The van der Waals surface area contributed by atoms with E-state index in [-0.39, 0.29) is 54.6 Å². The number of carbonyl (C=O) groups is 3. The molecule has 3 fully saturated rings. The molecule has 5 N–H and O–H groups in total. The summed E-state index contributed by atoms with van der Waals surface area (Å²) < 4.78 is 36.8. The molecular formula is C35H48FN3O8. The molecule has 1 spiro atoms. The molecule has 9 atom stereocenters. The molecule has 47 heavy (non-hydrogen) atoms. The van der Waals surface area contributed by atoms with Gasteiger partial charge in [0.15, 0.2) is 0 Å². The van der Waals surface area contributed by atoms with E-state index in [1.165, 1.54) is 25.1 Å². The lowest BCUT2D eigenvalue weighted by Crippen LogP contribution is -2.50. The first-order chi connectivity index (χ1) is 22.2. The topological polar surface area (TPSA) is 162 Å². The van der Waals surface area contributed by atoms with Crippen LogP contribution in [0.5, 0.6) is 0 Å². The SMILES string of the molecule is CC(=O)O[C@@H](C)/C=C\C(=O)N[C@@H]1C[C@H](C)[C@H](C/C=C(C)/C=C/[C@H]2O[C@H](CC(=O)NCc3ccc(N)c(F)c3)CC3(CO3)[C@@H]2O)O[C@@H]1C. The van der Waals surface area contributed by atoms with Crippen molar-refractivity contribution in [3.05, 3.63) is 65.5 Å². The van der Waals surface area contributed by atoms with Crippen LogP contribution in [0.25, 0.3) is 0 Å². The number of nitrogens with one attached hydrogen (secondary N) is 2. The van der Waals surface area contributed by atoms with Crippen LogP contribution in [0.15, 0.2) is 54.2 Å². The van der Waals surface area contributed by atoms with Crippen LogP contribution in [-0.2, 0) is 39.9 Å². The van der Waals surface area contributed by atoms with Gasteiger partial charge < -0.3 is 40.4 Å². The lowest BCUT2D eigenvalue weighted by atomic mass is 9.87. The van der Waals surface area contributed by atoms with E-state index < -0.39 is 41.8 Å². The van der Waals surface area contributed by atoms with Gasteiger partial charge in [0.2, 0.25) is 11.8 Å². The van der Waals surface area contributed by atoms with Crippen LogP contribution in [-0.4, -0.2) is 77.8 Å². The maximum absolute atomic E-state index is 13.7. The normalized spacial score (nSPS) is 31.6. The molecular weight excluding hydrogens is 609 g/mol. The number of nitrogens with two attached hydrogens (primary N) is 1. The summed E-state index contributed by atoms with van der Waals surface area (Å²) in [6.45, 7) is 9.57. The number of aliphatic hydroxyl groups is 1. The summed E-state index contributed by atoms with van der Waals surface area (Å²) in [5, 5.41) is 16.7. The zero-order chi connectivity index (χ0) is 34.3. The number of nitrogen functional groups attached to an aromatic ring is 1. The first-order valence-electron chi connectivity index (χ1n) is 16.2. The molecule has 12 heteroatoms. The first-order valence-corrected chi connectivity index (χ1v) is 16.2. The van der Waals surface area contributed by atoms with E-state index in [0.29, 0.717) is 25.0 Å². The number of amides is 2. The number of allylic oxidation sites excluding steroid dienone is 2. The van der Waals surface area contributed by atoms with Gasteiger partial charge in [-0.1, -0.05) is 36.8 Å². The van der Waals surface area contributed by atoms with Gasteiger partial charge in [0.05, 0.1) is 43.1 Å². The highest BCUT2D eigenvalue weighted by molar-refractivity contribution is 5.87. The number of carbonyl (C=O) groups excluding carboxylic acids is 3. The quantitative estimate of drug-likeness (QED) is 0.0868. The van der Waals surface area contributed by atoms with Gasteiger partial charge >= 0.3 is 5.97 Å². The second-order valence-corrected chi connectivity index (χ2v) is 13.0. The number of esters is 1. The summed E-state index contributed by atoms with van der Waals surface area (Å²) in [7, 11) is 0. The van der Waals surface area contributed by atoms with Gasteiger partial charge in [0.25, 0.3) is 0 Å². The average Bonchev–Trinajstić information content (AvgIpc) is 3.78. The fourth-order valence-electron chi connectivity index (χ4n) is 6.05. The Hall–Kier alpha value is -3.58. The van der Waals surface area contributed by atoms with E-state index in [0.717, 1.165) is 12.0 Å². The van der Waals surface area contributed by atoms with Crippen molar-refractivity contribution in [2.24, 2.45) is 5.92 Å². The highest BCUT2D eigenvalue weighted by Crippen LogP contribution is 2.43. The summed E-state index contributed by atoms with van der Waals surface area (Å²) in [6, 6.07) is 4.27. The molecule has 3 heterocycles. The molecule has 1 unspecified atom stereocenters. The molecule has 3 saturated heterocycles. The number of hydrogen-bond donors (Lipinski definition) is 4. The third kappa shape index (κ3) is 10.5. The number of rotatable bonds is 12. The molecule has 4 rings (SSSR count). The van der Waals surface area contributed by atoms with Crippen molar-refractivity contribution >= 4 is 23.5 Å². The van der Waals surface area contributed by atoms with Crippen LogP contribution in [0, 0.1) is 11.7 Å². The van der Waals surface area contributed by atoms with E-state index >= 15 is 0 Å². The largest absolute Gasteiger partial charge is 0.459 e. The predicted octanol–water partition coefficient (Wildman–Crippen LogP) is 3.40. The molecule has 1 aromatic rings. The Morgan fingerprint density at radius 2 is 1.96 bits per heavy atom. The van der Waals surface area contributed by atoms with Crippen LogP contribution in [0.3, 0.4) is 0 Å². The lowest BCUT2D eigenvalue weighted by molar-refractivity contribution is -0.145. The highest BCUT2D eigenvalue weighted by Gasteiger charge is 2.58. The van der Waals surface area contributed by atoms with Gasteiger partial charge in [-0.3, -0.25) is 14.4 Å². The van der Waals surface area contributed by atoms with E-state index in [9.17, 15) is 23.9 Å². The fourth-order valence-corrected chi connectivity index (χ4v) is 6.05. The maximum atomic E-state index is 13.7. The standard InChI is InChI=1S/C35H48FN3O8/c1-20(6-11-30-21(2)14-29(23(4)46-30)39-32(41)13-8-22(3)45-24(5)40)7-12-31-34(43)35(19-44-35)17-26(47-31)16-33(42)38-18-25-9-10-28(37)27(36)15-25/h6-10,12-13,15,21-23,26,29-31,34,43H,11,14,16-19,37H2,1-5H3,(H,38,42)(H,39,41)/b12-7+,13-8-,20-6+/t21-,22-,23+,26+,29+,30-,31+,34+,35?/m0/s1. The summed E-state index contributed by atoms with van der Waals surface area (Å²) in [4.78, 5) is 36.1. The predicted molar refractivity (Wildman–Crippen MR) is 173 cm³/mol. The molecule has 0 aliphatic carbocycles. The highest BCUT2D eigenvalue weighted by atomic mass is 19.1. The van der Waals surface area contributed by atoms with Gasteiger partial charge in [-0.2, -0.15) is 0 Å². The van der Waals surface area contributed by atoms with Crippen molar-refractivity contribution in [2.75, 3.05) is 12.3 Å². The van der Waals surface area contributed by atoms with Gasteiger partial charge in [0, 0.05) is 26.0 Å². The van der Waals surface area contributed by atoms with Gasteiger partial charge in [-0.15, -0.1) is 0 Å². The van der Waals surface area contributed by atoms with Crippen molar-refractivity contribution in [3.63, 3.8) is 0 Å². The Morgan fingerprint density at radius 1 is 1.21 bits per heavy atom. The Kier molecular flexibility index (Phi) is 12.4. The molecule has 0 bridgehead atoms. The summed E-state index contributed by atoms with van der Waals surface area (Å²) >= 11 is 0. The summed E-state index contributed by atoms with van der Waals surface area (Å²) in [5.41, 5.74) is 6.41. The van der Waals surface area contributed by atoms with E-state index in [1.807, 2.05) is 19.9 Å². The third-order valence-corrected chi connectivity index (χ3v) is 8.89. The fraction of sp³-hybridized carbons (Fsp3) is 0.571. The van der Waals surface area contributed by atoms with Crippen LogP contribution < -0.4 is 16.4 Å². The molecule has 258 valence electrons. The Balaban J connectivity index is 1.25. The number of halogens is 1. The molecule has 1 aromatic carbocycles. The second kappa shape index (κ2) is 16.0. The van der Waals surface area contributed by atoms with Crippen molar-refractivity contribution < 1.29 is 42.8 Å². The molecule has 0 radical (unpaired) electrons. The minimum Gasteiger partial charge on any atom is -0.459 e. The van der Waals surface area contributed by atoms with Gasteiger partial charge in [-0.05, 0) is 63.3 Å². The zero-order valence-electron chi connectivity index (χ0n) is 27.7. The van der Waals surface area contributed by atoms with Crippen molar-refractivity contribution in [2.45, 2.75) is 115 Å². The Labute approximate surface area is 275 Å². The minimum atomic E-state index is -0.863. The molecule has 0 saturated carbocycles. The third-order valence-electron chi connectivity index (χ3n) is 8.89. The van der Waals surface area contributed by atoms with Crippen LogP contribution >= 0.6 is 0 Å². The zero-order valence-corrected chi connectivity index (χ0v) is 27.7. The number of anilines is 1. The molecule has 3 aliphatic rings. The maximum Gasteiger partial charge on any atom is 0.303 e. The molecule has 0 aromatic heterocycles. The number of ether oxygens (including phenoxy) is 4. The molecule has 3 aliphatic heterocycles. The molecule has 11 nitrogen and oxygen atoms in total. The number of hydrogen-bond acceptors (Lipinski definition) is 9. The monoisotopic (exact) mass is 657 g/mol. The Morgan fingerprint density at radius 3 is 2.64 bits per heavy atom.